The SMILES string of the molecule is CCNC(=O)N1CC(n2nc(Sc3ccccc3)c3c(N)ncnc32)C1. The number of hydrogen-bond donors (Lipinski definition) is 2. The highest BCUT2D eigenvalue weighted by atomic mass is 32.2. The minimum atomic E-state index is -0.0479. The number of nitrogen functional groups attached to an aromatic ring is 1. The molecule has 3 aromatic rings. The molecule has 26 heavy (non-hydrogen) atoms. The number of nitrogens with one attached hydrogen (secondary N) is 1. The van der Waals surface area contributed by atoms with Gasteiger partial charge in [-0.05, 0) is 19.1 Å². The molecule has 0 unspecified atom stereocenters. The maximum Gasteiger partial charge on any atom is 0.317 e. The van der Waals surface area contributed by atoms with Crippen molar-refractivity contribution < 1.29 is 4.79 Å². The highest BCUT2D eigenvalue weighted by Gasteiger charge is 2.34. The van der Waals surface area contributed by atoms with E-state index in [9.17, 15) is 4.79 Å². The number of benzene rings is 1. The Labute approximate surface area is 154 Å². The van der Waals surface area contributed by atoms with Crippen LogP contribution >= 0.6 is 11.8 Å². The van der Waals surface area contributed by atoms with Gasteiger partial charge in [-0.2, -0.15) is 5.10 Å². The van der Waals surface area contributed by atoms with Crippen LogP contribution in [0.3, 0.4) is 0 Å². The molecule has 1 aliphatic rings. The monoisotopic (exact) mass is 369 g/mol. The van der Waals surface area contributed by atoms with Crippen molar-refractivity contribution in [1.82, 2.24) is 30.0 Å². The van der Waals surface area contributed by atoms with E-state index in [1.807, 2.05) is 41.9 Å². The van der Waals surface area contributed by atoms with Gasteiger partial charge in [0.15, 0.2) is 5.65 Å². The molecule has 8 nitrogen and oxygen atoms in total. The molecule has 3 heterocycles. The summed E-state index contributed by atoms with van der Waals surface area (Å²) in [5.74, 6) is 0.416. The molecule has 0 bridgehead atoms. The fraction of sp³-hybridized carbons (Fsp3) is 0.294. The Morgan fingerprint density at radius 1 is 1.31 bits per heavy atom. The minimum Gasteiger partial charge on any atom is -0.383 e. The number of carbonyl (C=O) groups excluding carboxylic acids is 1. The lowest BCUT2D eigenvalue weighted by Crippen LogP contribution is -2.54. The fourth-order valence-corrected chi connectivity index (χ4v) is 3.87. The van der Waals surface area contributed by atoms with Crippen LogP contribution in [-0.4, -0.2) is 50.3 Å². The first-order chi connectivity index (χ1) is 12.7. The topological polar surface area (TPSA) is 102 Å². The summed E-state index contributed by atoms with van der Waals surface area (Å²) in [5.41, 5.74) is 6.81. The second-order valence-corrected chi connectivity index (χ2v) is 7.08. The molecule has 0 spiro atoms. The first-order valence-electron chi connectivity index (χ1n) is 8.41. The van der Waals surface area contributed by atoms with Crippen LogP contribution in [-0.2, 0) is 0 Å². The molecule has 1 saturated heterocycles. The number of nitrogens with zero attached hydrogens (tertiary/aromatic N) is 5. The van der Waals surface area contributed by atoms with Crippen LogP contribution in [0.5, 0.6) is 0 Å². The zero-order chi connectivity index (χ0) is 18.1. The number of aromatic nitrogens is 4. The molecule has 4 rings (SSSR count). The number of nitrogens with two attached hydrogens (primary N) is 1. The molecule has 9 heteroatoms. The van der Waals surface area contributed by atoms with E-state index in [0.29, 0.717) is 31.1 Å². The summed E-state index contributed by atoms with van der Waals surface area (Å²) in [7, 11) is 0. The quantitative estimate of drug-likeness (QED) is 0.731. The summed E-state index contributed by atoms with van der Waals surface area (Å²) in [6.07, 6.45) is 1.45. The van der Waals surface area contributed by atoms with Crippen molar-refractivity contribution in [3.05, 3.63) is 36.7 Å². The highest BCUT2D eigenvalue weighted by Crippen LogP contribution is 2.36. The summed E-state index contributed by atoms with van der Waals surface area (Å²) in [6, 6.07) is 10.0. The number of hydrogen-bond acceptors (Lipinski definition) is 6. The van der Waals surface area contributed by atoms with E-state index in [0.717, 1.165) is 15.3 Å². The second kappa shape index (κ2) is 6.83. The van der Waals surface area contributed by atoms with Crippen molar-refractivity contribution in [3.8, 4) is 0 Å². The standard InChI is InChI=1S/C17H19N7OS/c1-2-19-17(25)23-8-11(9-23)24-15-13(14(18)20-10-21-15)16(22-24)26-12-6-4-3-5-7-12/h3-7,10-11H,2,8-9H2,1H3,(H,19,25)(H2,18,20,21). The largest absolute Gasteiger partial charge is 0.383 e. The first-order valence-corrected chi connectivity index (χ1v) is 9.23. The predicted octanol–water partition coefficient (Wildman–Crippen LogP) is 2.15. The number of amides is 2. The van der Waals surface area contributed by atoms with Gasteiger partial charge in [0.1, 0.15) is 17.2 Å². The molecule has 0 aliphatic carbocycles. The zero-order valence-electron chi connectivity index (χ0n) is 14.3. The van der Waals surface area contributed by atoms with Gasteiger partial charge in [0.2, 0.25) is 0 Å². The van der Waals surface area contributed by atoms with Crippen LogP contribution in [0.2, 0.25) is 0 Å². The van der Waals surface area contributed by atoms with Crippen molar-refractivity contribution in [1.29, 1.82) is 0 Å². The van der Waals surface area contributed by atoms with Crippen molar-refractivity contribution in [2.24, 2.45) is 0 Å². The number of likely N-dealkylation sites (tertiary alicyclic amines) is 1. The van der Waals surface area contributed by atoms with Gasteiger partial charge < -0.3 is 16.0 Å². The van der Waals surface area contributed by atoms with Crippen molar-refractivity contribution in [3.63, 3.8) is 0 Å². The van der Waals surface area contributed by atoms with Gasteiger partial charge in [-0.1, -0.05) is 30.0 Å². The summed E-state index contributed by atoms with van der Waals surface area (Å²) in [5, 5.41) is 9.10. The van der Waals surface area contributed by atoms with Crippen LogP contribution in [0, 0.1) is 0 Å². The average molecular weight is 369 g/mol. The van der Waals surface area contributed by atoms with Crippen LogP contribution in [0.15, 0.2) is 46.6 Å². The number of urea groups is 1. The Morgan fingerprint density at radius 3 is 2.81 bits per heavy atom. The molecule has 0 radical (unpaired) electrons. The van der Waals surface area contributed by atoms with Gasteiger partial charge in [0.05, 0.1) is 11.4 Å². The summed E-state index contributed by atoms with van der Waals surface area (Å²) in [4.78, 5) is 23.2. The fourth-order valence-electron chi connectivity index (χ4n) is 2.93. The Balaban J connectivity index is 1.64. The van der Waals surface area contributed by atoms with E-state index >= 15 is 0 Å². The van der Waals surface area contributed by atoms with E-state index in [-0.39, 0.29) is 12.1 Å². The summed E-state index contributed by atoms with van der Waals surface area (Å²) >= 11 is 1.53. The van der Waals surface area contributed by atoms with E-state index in [1.165, 1.54) is 18.1 Å². The van der Waals surface area contributed by atoms with Crippen LogP contribution in [0.25, 0.3) is 11.0 Å². The van der Waals surface area contributed by atoms with Gasteiger partial charge in [0, 0.05) is 24.5 Å². The minimum absolute atomic E-state index is 0.0479. The first kappa shape index (κ1) is 16.6. The molecule has 0 atom stereocenters. The third kappa shape index (κ3) is 2.94. The molecular formula is C17H19N7OS. The Bertz CT molecular complexity index is 937. The molecule has 2 aromatic heterocycles. The Hall–Kier alpha value is -2.81. The zero-order valence-corrected chi connectivity index (χ0v) is 15.1. The lowest BCUT2D eigenvalue weighted by atomic mass is 10.1. The number of fused-ring (bicyclic) bond motifs is 1. The van der Waals surface area contributed by atoms with Crippen molar-refractivity contribution in [2.45, 2.75) is 22.9 Å². The summed E-state index contributed by atoms with van der Waals surface area (Å²) in [6.45, 7) is 3.72. The van der Waals surface area contributed by atoms with Gasteiger partial charge in [-0.3, -0.25) is 0 Å². The number of anilines is 1. The molecule has 1 aromatic carbocycles. The van der Waals surface area contributed by atoms with Crippen LogP contribution in [0.4, 0.5) is 10.6 Å². The highest BCUT2D eigenvalue weighted by molar-refractivity contribution is 7.99. The third-order valence-electron chi connectivity index (χ3n) is 4.27. The van der Waals surface area contributed by atoms with E-state index in [4.69, 9.17) is 10.8 Å². The van der Waals surface area contributed by atoms with Crippen molar-refractivity contribution in [2.75, 3.05) is 25.4 Å². The molecule has 1 aliphatic heterocycles. The molecule has 0 saturated carbocycles. The van der Waals surface area contributed by atoms with Gasteiger partial charge in [-0.25, -0.2) is 19.4 Å². The van der Waals surface area contributed by atoms with Gasteiger partial charge in [-0.15, -0.1) is 0 Å². The van der Waals surface area contributed by atoms with E-state index < -0.39 is 0 Å². The molecule has 3 N–H and O–H groups in total. The maximum atomic E-state index is 11.9. The van der Waals surface area contributed by atoms with Crippen LogP contribution < -0.4 is 11.1 Å². The predicted molar refractivity (Wildman–Crippen MR) is 100.0 cm³/mol. The molecular weight excluding hydrogens is 350 g/mol. The number of rotatable bonds is 4. The average Bonchev–Trinajstić information content (AvgIpc) is 2.94. The Kier molecular flexibility index (Phi) is 4.37. The van der Waals surface area contributed by atoms with E-state index in [1.54, 1.807) is 4.90 Å². The maximum absolute atomic E-state index is 11.9. The van der Waals surface area contributed by atoms with Crippen LogP contribution in [0.1, 0.15) is 13.0 Å². The molecule has 2 amide bonds. The summed E-state index contributed by atoms with van der Waals surface area (Å²) < 4.78 is 1.87. The lowest BCUT2D eigenvalue weighted by Gasteiger charge is -2.38. The van der Waals surface area contributed by atoms with Gasteiger partial charge >= 0.3 is 6.03 Å². The smallest absolute Gasteiger partial charge is 0.317 e. The number of carbonyl (C=O) groups is 1. The molecule has 1 fully saturated rings. The molecule has 134 valence electrons. The van der Waals surface area contributed by atoms with Gasteiger partial charge in [0.25, 0.3) is 0 Å². The lowest BCUT2D eigenvalue weighted by molar-refractivity contribution is 0.120. The second-order valence-electron chi connectivity index (χ2n) is 6.02. The third-order valence-corrected chi connectivity index (χ3v) is 5.25. The van der Waals surface area contributed by atoms with Crippen molar-refractivity contribution >= 4 is 34.6 Å². The van der Waals surface area contributed by atoms with E-state index in [2.05, 4.69) is 15.3 Å². The Morgan fingerprint density at radius 2 is 2.08 bits per heavy atom. The normalized spacial score (nSPS) is 14.4.